The summed E-state index contributed by atoms with van der Waals surface area (Å²) < 4.78 is 21.5. The number of esters is 1. The Bertz CT molecular complexity index is 1070. The SMILES string of the molecule is COCOc1ccc(CN(OCC(COC(=O)C(C)(C)C)Cc2ccc(C(C)(C)C)cc2)C(=O)S)cc1OC. The first kappa shape index (κ1) is 32.5. The minimum Gasteiger partial charge on any atom is -0.493 e. The van der Waals surface area contributed by atoms with Crippen molar-refractivity contribution in [1.29, 1.82) is 0 Å². The summed E-state index contributed by atoms with van der Waals surface area (Å²) in [6.45, 7) is 12.5. The predicted molar refractivity (Wildman–Crippen MR) is 154 cm³/mol. The molecule has 0 bridgehead atoms. The van der Waals surface area contributed by atoms with Crippen LogP contribution in [-0.2, 0) is 37.5 Å². The molecule has 0 aliphatic carbocycles. The van der Waals surface area contributed by atoms with Gasteiger partial charge in [0.25, 0.3) is 0 Å². The molecule has 1 amide bonds. The van der Waals surface area contributed by atoms with Gasteiger partial charge in [-0.05, 0) is 61.4 Å². The number of amides is 1. The van der Waals surface area contributed by atoms with Gasteiger partial charge in [-0.1, -0.05) is 63.7 Å². The molecule has 9 heteroatoms. The van der Waals surface area contributed by atoms with E-state index in [9.17, 15) is 9.59 Å². The zero-order valence-corrected chi connectivity index (χ0v) is 25.3. The number of rotatable bonds is 13. The Morgan fingerprint density at radius 3 is 2.08 bits per heavy atom. The number of ether oxygens (including phenoxy) is 4. The molecule has 0 radical (unpaired) electrons. The first-order valence-electron chi connectivity index (χ1n) is 12.9. The van der Waals surface area contributed by atoms with Gasteiger partial charge in [0, 0.05) is 13.0 Å². The fourth-order valence-corrected chi connectivity index (χ4v) is 3.76. The van der Waals surface area contributed by atoms with Crippen molar-refractivity contribution < 1.29 is 33.4 Å². The first-order valence-corrected chi connectivity index (χ1v) is 13.4. The van der Waals surface area contributed by atoms with Crippen molar-refractivity contribution in [1.82, 2.24) is 5.06 Å². The van der Waals surface area contributed by atoms with Gasteiger partial charge in [-0.15, -0.1) is 0 Å². The summed E-state index contributed by atoms with van der Waals surface area (Å²) in [7, 11) is 3.07. The Morgan fingerprint density at radius 2 is 1.54 bits per heavy atom. The molecule has 216 valence electrons. The van der Waals surface area contributed by atoms with E-state index in [2.05, 4.69) is 57.7 Å². The average molecular weight is 562 g/mol. The second-order valence-corrected chi connectivity index (χ2v) is 11.9. The molecule has 39 heavy (non-hydrogen) atoms. The summed E-state index contributed by atoms with van der Waals surface area (Å²) in [6, 6.07) is 13.7. The number of methoxy groups -OCH3 is 2. The Balaban J connectivity index is 2.15. The van der Waals surface area contributed by atoms with Gasteiger partial charge in [0.2, 0.25) is 0 Å². The van der Waals surface area contributed by atoms with E-state index in [0.29, 0.717) is 17.9 Å². The van der Waals surface area contributed by atoms with E-state index in [1.54, 1.807) is 18.2 Å². The summed E-state index contributed by atoms with van der Waals surface area (Å²) in [4.78, 5) is 30.7. The first-order chi connectivity index (χ1) is 18.2. The maximum atomic E-state index is 12.4. The van der Waals surface area contributed by atoms with Gasteiger partial charge in [-0.2, -0.15) is 0 Å². The number of nitrogens with zero attached hydrogens (tertiary/aromatic N) is 1. The van der Waals surface area contributed by atoms with E-state index in [1.807, 2.05) is 20.8 Å². The molecule has 0 aliphatic rings. The third-order valence-corrected chi connectivity index (χ3v) is 6.20. The van der Waals surface area contributed by atoms with E-state index in [1.165, 1.54) is 24.8 Å². The van der Waals surface area contributed by atoms with Crippen molar-refractivity contribution in [3.63, 3.8) is 0 Å². The highest BCUT2D eigenvalue weighted by Gasteiger charge is 2.25. The second-order valence-electron chi connectivity index (χ2n) is 11.5. The summed E-state index contributed by atoms with van der Waals surface area (Å²) >= 11 is 4.01. The van der Waals surface area contributed by atoms with E-state index in [0.717, 1.165) is 11.1 Å². The van der Waals surface area contributed by atoms with Crippen molar-refractivity contribution in [2.45, 2.75) is 59.9 Å². The fourth-order valence-electron chi connectivity index (χ4n) is 3.63. The normalized spacial score (nSPS) is 12.5. The van der Waals surface area contributed by atoms with Crippen LogP contribution in [0.25, 0.3) is 0 Å². The maximum absolute atomic E-state index is 12.4. The van der Waals surface area contributed by atoms with Gasteiger partial charge >= 0.3 is 11.2 Å². The molecular formula is C30H43NO7S. The quantitative estimate of drug-likeness (QED) is 0.135. The number of hydroxylamine groups is 2. The molecule has 2 rings (SSSR count). The monoisotopic (exact) mass is 561 g/mol. The van der Waals surface area contributed by atoms with Crippen LogP contribution in [0.4, 0.5) is 4.79 Å². The molecule has 0 N–H and O–H groups in total. The molecule has 2 aromatic carbocycles. The summed E-state index contributed by atoms with van der Waals surface area (Å²) in [5.41, 5.74) is 2.51. The smallest absolute Gasteiger partial charge is 0.311 e. The number of thiol groups is 1. The standard InChI is InChI=1S/C30H43NO7S/c1-29(2,3)24-12-9-21(10-13-24)15-23(18-36-27(32)30(4,5)6)19-38-31(28(33)39)17-22-11-14-25(37-20-34-7)26(16-22)35-8/h9-14,16,23H,15,17-20H2,1-8H3,(H,33,39). The van der Waals surface area contributed by atoms with Crippen LogP contribution < -0.4 is 9.47 Å². The number of carbonyl (C=O) groups excluding carboxylic acids is 2. The Morgan fingerprint density at radius 1 is 0.897 bits per heavy atom. The molecule has 0 saturated heterocycles. The van der Waals surface area contributed by atoms with E-state index in [4.69, 9.17) is 23.8 Å². The van der Waals surface area contributed by atoms with Crippen LogP contribution in [0.15, 0.2) is 42.5 Å². The van der Waals surface area contributed by atoms with Crippen molar-refractivity contribution in [2.75, 3.05) is 34.2 Å². The topological polar surface area (TPSA) is 83.5 Å². The van der Waals surface area contributed by atoms with E-state index < -0.39 is 10.7 Å². The van der Waals surface area contributed by atoms with Crippen molar-refractivity contribution in [3.8, 4) is 11.5 Å². The van der Waals surface area contributed by atoms with Crippen LogP contribution in [0, 0.1) is 11.3 Å². The number of benzene rings is 2. The number of hydrogen-bond acceptors (Lipinski definition) is 7. The van der Waals surface area contributed by atoms with E-state index >= 15 is 0 Å². The highest BCUT2D eigenvalue weighted by atomic mass is 32.1. The van der Waals surface area contributed by atoms with Crippen molar-refractivity contribution in [2.24, 2.45) is 11.3 Å². The highest BCUT2D eigenvalue weighted by Crippen LogP contribution is 2.29. The highest BCUT2D eigenvalue weighted by molar-refractivity contribution is 7.96. The van der Waals surface area contributed by atoms with Crippen LogP contribution in [0.3, 0.4) is 0 Å². The zero-order chi connectivity index (χ0) is 29.2. The number of carbonyl (C=O) groups is 2. The van der Waals surface area contributed by atoms with Gasteiger partial charge in [0.1, 0.15) is 0 Å². The molecule has 0 fully saturated rings. The number of hydrogen-bond donors (Lipinski definition) is 1. The minimum absolute atomic E-state index is 0.0491. The largest absolute Gasteiger partial charge is 0.493 e. The van der Waals surface area contributed by atoms with Crippen LogP contribution in [0.2, 0.25) is 0 Å². The molecule has 0 spiro atoms. The summed E-state index contributed by atoms with van der Waals surface area (Å²) in [5.74, 6) is 0.541. The van der Waals surface area contributed by atoms with Crippen LogP contribution in [0.5, 0.6) is 11.5 Å². The lowest BCUT2D eigenvalue weighted by Gasteiger charge is -2.25. The lowest BCUT2D eigenvalue weighted by Crippen LogP contribution is -2.32. The Hall–Kier alpha value is -2.75. The van der Waals surface area contributed by atoms with Crippen LogP contribution in [-0.4, -0.2) is 50.5 Å². The van der Waals surface area contributed by atoms with Crippen molar-refractivity contribution >= 4 is 23.8 Å². The molecule has 1 unspecified atom stereocenters. The summed E-state index contributed by atoms with van der Waals surface area (Å²) in [6.07, 6.45) is 0.607. The van der Waals surface area contributed by atoms with Gasteiger partial charge in [-0.25, -0.2) is 5.06 Å². The molecule has 8 nitrogen and oxygen atoms in total. The molecule has 2 aromatic rings. The Labute approximate surface area is 238 Å². The van der Waals surface area contributed by atoms with Gasteiger partial charge in [-0.3, -0.25) is 14.4 Å². The minimum atomic E-state index is -0.620. The van der Waals surface area contributed by atoms with Gasteiger partial charge < -0.3 is 18.9 Å². The third-order valence-electron chi connectivity index (χ3n) is 5.97. The molecule has 0 aromatic heterocycles. The second kappa shape index (κ2) is 14.6. The molecular weight excluding hydrogens is 518 g/mol. The zero-order valence-electron chi connectivity index (χ0n) is 24.4. The van der Waals surface area contributed by atoms with Crippen LogP contribution in [0.1, 0.15) is 58.2 Å². The lowest BCUT2D eigenvalue weighted by atomic mass is 9.86. The van der Waals surface area contributed by atoms with E-state index in [-0.39, 0.29) is 43.9 Å². The van der Waals surface area contributed by atoms with Crippen LogP contribution >= 0.6 is 12.6 Å². The fraction of sp³-hybridized carbons (Fsp3) is 0.533. The lowest BCUT2D eigenvalue weighted by molar-refractivity contribution is -0.160. The van der Waals surface area contributed by atoms with Gasteiger partial charge in [0.05, 0.1) is 32.3 Å². The Kier molecular flexibility index (Phi) is 12.1. The predicted octanol–water partition coefficient (Wildman–Crippen LogP) is 6.21. The third kappa shape index (κ3) is 10.7. The van der Waals surface area contributed by atoms with Crippen molar-refractivity contribution in [3.05, 3.63) is 59.2 Å². The molecule has 1 atom stereocenters. The molecule has 0 saturated carbocycles. The molecule has 0 aliphatic heterocycles. The average Bonchev–Trinajstić information content (AvgIpc) is 2.87. The molecule has 0 heterocycles. The van der Waals surface area contributed by atoms with Gasteiger partial charge in [0.15, 0.2) is 18.3 Å². The summed E-state index contributed by atoms with van der Waals surface area (Å²) in [5, 5.41) is 0.628. The maximum Gasteiger partial charge on any atom is 0.311 e.